The van der Waals surface area contributed by atoms with Crippen LogP contribution in [0.3, 0.4) is 0 Å². The SMILES string of the molecule is CC(=Nc1ccc(O)c(C)c1)c1c(O)c2ccccc2n(-c2ccccc2)c1=O. The standard InChI is InChI=1S/C24H20N2O3/c1-15-14-17(12-13-21(15)27)25-16(2)22-23(28)19-10-6-7-11-20(19)26(24(22)29)18-8-4-3-5-9-18/h3-14,27-28H,1-2H3. The molecule has 1 aromatic heterocycles. The van der Waals surface area contributed by atoms with Gasteiger partial charge < -0.3 is 10.2 Å². The number of hydrogen-bond acceptors (Lipinski definition) is 4. The fourth-order valence-corrected chi connectivity index (χ4v) is 3.44. The Bertz CT molecular complexity index is 1310. The Hall–Kier alpha value is -3.86. The zero-order valence-corrected chi connectivity index (χ0v) is 16.1. The van der Waals surface area contributed by atoms with Gasteiger partial charge in [0, 0.05) is 11.1 Å². The lowest BCUT2D eigenvalue weighted by Crippen LogP contribution is -2.25. The van der Waals surface area contributed by atoms with Crippen molar-refractivity contribution in [3.8, 4) is 17.2 Å². The third-order valence-electron chi connectivity index (χ3n) is 4.91. The number of aromatic nitrogens is 1. The van der Waals surface area contributed by atoms with Crippen LogP contribution in [-0.2, 0) is 0 Å². The van der Waals surface area contributed by atoms with Crippen LogP contribution in [0.25, 0.3) is 16.6 Å². The van der Waals surface area contributed by atoms with E-state index in [0.29, 0.717) is 33.6 Å². The highest BCUT2D eigenvalue weighted by Crippen LogP contribution is 2.29. The lowest BCUT2D eigenvalue weighted by atomic mass is 10.1. The minimum Gasteiger partial charge on any atom is -0.508 e. The third-order valence-corrected chi connectivity index (χ3v) is 4.91. The van der Waals surface area contributed by atoms with Crippen LogP contribution in [0.2, 0.25) is 0 Å². The fourth-order valence-electron chi connectivity index (χ4n) is 3.44. The first-order valence-corrected chi connectivity index (χ1v) is 9.25. The van der Waals surface area contributed by atoms with Crippen molar-refractivity contribution in [1.82, 2.24) is 4.57 Å². The second-order valence-corrected chi connectivity index (χ2v) is 6.88. The molecule has 0 spiro atoms. The van der Waals surface area contributed by atoms with Crippen molar-refractivity contribution in [3.05, 3.63) is 94.3 Å². The zero-order valence-electron chi connectivity index (χ0n) is 16.1. The van der Waals surface area contributed by atoms with E-state index in [0.717, 1.165) is 0 Å². The average molecular weight is 384 g/mol. The van der Waals surface area contributed by atoms with Crippen LogP contribution in [0.4, 0.5) is 5.69 Å². The van der Waals surface area contributed by atoms with Gasteiger partial charge >= 0.3 is 0 Å². The van der Waals surface area contributed by atoms with Gasteiger partial charge in [0.25, 0.3) is 5.56 Å². The maximum absolute atomic E-state index is 13.4. The summed E-state index contributed by atoms with van der Waals surface area (Å²) >= 11 is 0. The number of phenols is 1. The highest BCUT2D eigenvalue weighted by Gasteiger charge is 2.19. The number of rotatable bonds is 3. The van der Waals surface area contributed by atoms with Gasteiger partial charge in [-0.1, -0.05) is 30.3 Å². The van der Waals surface area contributed by atoms with Gasteiger partial charge in [0.2, 0.25) is 0 Å². The van der Waals surface area contributed by atoms with E-state index in [1.807, 2.05) is 48.5 Å². The molecule has 29 heavy (non-hydrogen) atoms. The predicted octanol–water partition coefficient (Wildman–Crippen LogP) is 4.85. The number of aromatic hydroxyl groups is 2. The van der Waals surface area contributed by atoms with Gasteiger partial charge in [0.15, 0.2) is 0 Å². The van der Waals surface area contributed by atoms with Gasteiger partial charge in [0.05, 0.1) is 16.9 Å². The molecule has 0 unspecified atom stereocenters. The molecule has 0 aliphatic carbocycles. The molecule has 0 bridgehead atoms. The molecule has 0 aliphatic heterocycles. The summed E-state index contributed by atoms with van der Waals surface area (Å²) in [5.41, 5.74) is 2.82. The van der Waals surface area contributed by atoms with Crippen LogP contribution < -0.4 is 5.56 Å². The van der Waals surface area contributed by atoms with Crippen molar-refractivity contribution in [2.24, 2.45) is 4.99 Å². The van der Waals surface area contributed by atoms with Crippen LogP contribution in [0.15, 0.2) is 82.6 Å². The number of nitrogens with zero attached hydrogens (tertiary/aromatic N) is 2. The molecule has 0 fully saturated rings. The summed E-state index contributed by atoms with van der Waals surface area (Å²) in [6, 6.07) is 21.5. The molecular formula is C24H20N2O3. The summed E-state index contributed by atoms with van der Waals surface area (Å²) in [6.07, 6.45) is 0. The number of benzene rings is 3. The first-order valence-electron chi connectivity index (χ1n) is 9.25. The Morgan fingerprint density at radius 2 is 1.62 bits per heavy atom. The van der Waals surface area contributed by atoms with Gasteiger partial charge in [0.1, 0.15) is 17.1 Å². The summed E-state index contributed by atoms with van der Waals surface area (Å²) in [5, 5.41) is 21.2. The number of aryl methyl sites for hydroxylation is 1. The molecular weight excluding hydrogens is 364 g/mol. The molecule has 0 saturated carbocycles. The molecule has 1 heterocycles. The third kappa shape index (κ3) is 3.27. The molecule has 3 aromatic carbocycles. The quantitative estimate of drug-likeness (QED) is 0.496. The van der Waals surface area contributed by atoms with Gasteiger partial charge in [-0.3, -0.25) is 14.4 Å². The van der Waals surface area contributed by atoms with Crippen LogP contribution in [0, 0.1) is 6.92 Å². The van der Waals surface area contributed by atoms with Gasteiger partial charge in [-0.2, -0.15) is 0 Å². The van der Waals surface area contributed by atoms with E-state index in [4.69, 9.17) is 0 Å². The summed E-state index contributed by atoms with van der Waals surface area (Å²) in [7, 11) is 0. The number of para-hydroxylation sites is 2. The first-order chi connectivity index (χ1) is 14.0. The Balaban J connectivity index is 2.01. The molecule has 4 aromatic rings. The van der Waals surface area contributed by atoms with Crippen LogP contribution in [-0.4, -0.2) is 20.5 Å². The van der Waals surface area contributed by atoms with Crippen LogP contribution in [0.1, 0.15) is 18.1 Å². The predicted molar refractivity (Wildman–Crippen MR) is 116 cm³/mol. The monoisotopic (exact) mass is 384 g/mol. The molecule has 5 heteroatoms. The Morgan fingerprint density at radius 3 is 2.34 bits per heavy atom. The second-order valence-electron chi connectivity index (χ2n) is 6.88. The number of phenolic OH excluding ortho intramolecular Hbond substituents is 1. The van der Waals surface area contributed by atoms with E-state index in [1.165, 1.54) is 0 Å². The Kier molecular flexibility index (Phi) is 4.64. The largest absolute Gasteiger partial charge is 0.508 e. The maximum atomic E-state index is 13.4. The normalized spacial score (nSPS) is 11.7. The number of pyridine rings is 1. The molecule has 0 saturated heterocycles. The summed E-state index contributed by atoms with van der Waals surface area (Å²) < 4.78 is 1.59. The number of aliphatic imine (C=N–C) groups is 1. The minimum absolute atomic E-state index is 0.0884. The van der Waals surface area contributed by atoms with Crippen molar-refractivity contribution in [3.63, 3.8) is 0 Å². The summed E-state index contributed by atoms with van der Waals surface area (Å²) in [5.74, 6) is 0.0936. The molecule has 5 nitrogen and oxygen atoms in total. The van der Waals surface area contributed by atoms with Crippen molar-refractivity contribution >= 4 is 22.3 Å². The van der Waals surface area contributed by atoms with Crippen molar-refractivity contribution < 1.29 is 10.2 Å². The highest BCUT2D eigenvalue weighted by atomic mass is 16.3. The van der Waals surface area contributed by atoms with E-state index in [1.54, 1.807) is 42.7 Å². The molecule has 144 valence electrons. The Labute approximate surface area is 167 Å². The molecule has 0 amide bonds. The average Bonchev–Trinajstić information content (AvgIpc) is 2.72. The topological polar surface area (TPSA) is 74.8 Å². The lowest BCUT2D eigenvalue weighted by molar-refractivity contribution is 0.471. The minimum atomic E-state index is -0.343. The van der Waals surface area contributed by atoms with Crippen molar-refractivity contribution in [2.45, 2.75) is 13.8 Å². The van der Waals surface area contributed by atoms with Gasteiger partial charge in [-0.15, -0.1) is 0 Å². The number of hydrogen-bond donors (Lipinski definition) is 2. The molecule has 2 N–H and O–H groups in total. The van der Waals surface area contributed by atoms with E-state index in [-0.39, 0.29) is 22.6 Å². The van der Waals surface area contributed by atoms with E-state index in [9.17, 15) is 15.0 Å². The van der Waals surface area contributed by atoms with Gasteiger partial charge in [-0.25, -0.2) is 0 Å². The smallest absolute Gasteiger partial charge is 0.268 e. The molecule has 0 radical (unpaired) electrons. The molecule has 0 atom stereocenters. The van der Waals surface area contributed by atoms with Crippen LogP contribution in [0.5, 0.6) is 11.5 Å². The van der Waals surface area contributed by atoms with Crippen LogP contribution >= 0.6 is 0 Å². The van der Waals surface area contributed by atoms with E-state index in [2.05, 4.69) is 4.99 Å². The maximum Gasteiger partial charge on any atom is 0.268 e. The van der Waals surface area contributed by atoms with Crippen molar-refractivity contribution in [1.29, 1.82) is 0 Å². The fraction of sp³-hybridized carbons (Fsp3) is 0.0833. The van der Waals surface area contributed by atoms with E-state index < -0.39 is 0 Å². The van der Waals surface area contributed by atoms with Crippen molar-refractivity contribution in [2.75, 3.05) is 0 Å². The zero-order chi connectivity index (χ0) is 20.5. The van der Waals surface area contributed by atoms with Gasteiger partial charge in [-0.05, 0) is 61.9 Å². The second kappa shape index (κ2) is 7.28. The summed E-state index contributed by atoms with van der Waals surface area (Å²) in [6.45, 7) is 3.47. The number of fused-ring (bicyclic) bond motifs is 1. The summed E-state index contributed by atoms with van der Waals surface area (Å²) in [4.78, 5) is 18.0. The Morgan fingerprint density at radius 1 is 0.931 bits per heavy atom. The highest BCUT2D eigenvalue weighted by molar-refractivity contribution is 6.06. The molecule has 0 aliphatic rings. The van der Waals surface area contributed by atoms with E-state index >= 15 is 0 Å². The molecule has 4 rings (SSSR count). The first kappa shape index (κ1) is 18.5. The lowest BCUT2D eigenvalue weighted by Gasteiger charge is -2.15.